The Balaban J connectivity index is 1.52. The number of amides is 2. The van der Waals surface area contributed by atoms with E-state index in [0.717, 1.165) is 31.9 Å². The third-order valence-electron chi connectivity index (χ3n) is 6.63. The molecule has 2 aromatic heterocycles. The second-order valence-electron chi connectivity index (χ2n) is 9.42. The van der Waals surface area contributed by atoms with E-state index in [0.29, 0.717) is 47.7 Å². The molecule has 3 aromatic rings. The summed E-state index contributed by atoms with van der Waals surface area (Å²) in [6, 6.07) is 14.7. The predicted octanol–water partition coefficient (Wildman–Crippen LogP) is 3.07. The number of nitrogen functional groups attached to an aromatic ring is 1. The molecule has 0 radical (unpaired) electrons. The van der Waals surface area contributed by atoms with Crippen LogP contribution in [0.25, 0.3) is 11.3 Å². The first-order valence-corrected chi connectivity index (χ1v) is 13.4. The molecule has 3 heterocycles. The molecule has 202 valence electrons. The number of nitrogens with zero attached hydrogens (tertiary/aromatic N) is 6. The smallest absolute Gasteiger partial charge is 0.224 e. The topological polar surface area (TPSA) is 141 Å². The van der Waals surface area contributed by atoms with Crippen molar-refractivity contribution in [1.29, 1.82) is 5.26 Å². The van der Waals surface area contributed by atoms with Crippen molar-refractivity contribution in [2.75, 3.05) is 44.3 Å². The molecule has 2 amide bonds. The van der Waals surface area contributed by atoms with E-state index in [-0.39, 0.29) is 23.2 Å². The number of rotatable bonds is 8. The van der Waals surface area contributed by atoms with Gasteiger partial charge >= 0.3 is 0 Å². The van der Waals surface area contributed by atoms with Gasteiger partial charge in [-0.05, 0) is 37.7 Å². The van der Waals surface area contributed by atoms with Crippen molar-refractivity contribution in [3.05, 3.63) is 65.2 Å². The number of hydrogen-bond acceptors (Lipinski definition) is 9. The van der Waals surface area contributed by atoms with Crippen LogP contribution in [0.4, 0.5) is 11.5 Å². The summed E-state index contributed by atoms with van der Waals surface area (Å²) in [6.07, 6.45) is 1.27. The summed E-state index contributed by atoms with van der Waals surface area (Å²) in [6.45, 7) is 5.04. The number of aromatic nitrogens is 3. The Morgan fingerprint density at radius 1 is 1.10 bits per heavy atom. The lowest BCUT2D eigenvalue weighted by Crippen LogP contribution is -2.47. The highest BCUT2D eigenvalue weighted by Crippen LogP contribution is 2.31. The molecular formula is C28H32N8O2S. The molecular weight excluding hydrogens is 512 g/mol. The fourth-order valence-electron chi connectivity index (χ4n) is 4.27. The molecule has 39 heavy (non-hydrogen) atoms. The lowest BCUT2D eigenvalue weighted by molar-refractivity contribution is -0.132. The number of carbonyl (C=O) groups is 2. The number of anilines is 2. The Kier molecular flexibility index (Phi) is 9.11. The van der Waals surface area contributed by atoms with E-state index in [4.69, 9.17) is 23.3 Å². The third-order valence-corrected chi connectivity index (χ3v) is 7.13. The molecule has 1 aliphatic rings. The van der Waals surface area contributed by atoms with Crippen LogP contribution in [0.1, 0.15) is 47.8 Å². The van der Waals surface area contributed by atoms with E-state index in [9.17, 15) is 14.9 Å². The van der Waals surface area contributed by atoms with E-state index >= 15 is 0 Å². The number of pyridine rings is 1. The van der Waals surface area contributed by atoms with Gasteiger partial charge in [-0.2, -0.15) is 17.9 Å². The van der Waals surface area contributed by atoms with Crippen LogP contribution >= 0.6 is 12.6 Å². The van der Waals surface area contributed by atoms with Gasteiger partial charge in [0, 0.05) is 56.0 Å². The van der Waals surface area contributed by atoms with Gasteiger partial charge in [-0.3, -0.25) is 14.6 Å². The molecule has 0 spiro atoms. The van der Waals surface area contributed by atoms with Gasteiger partial charge in [-0.25, -0.2) is 9.97 Å². The largest absolute Gasteiger partial charge is 0.382 e. The number of nitriles is 1. The van der Waals surface area contributed by atoms with Crippen molar-refractivity contribution in [2.45, 2.75) is 31.4 Å². The molecule has 4 rings (SSSR count). The molecule has 1 unspecified atom stereocenters. The summed E-state index contributed by atoms with van der Waals surface area (Å²) in [4.78, 5) is 42.2. The maximum absolute atomic E-state index is 12.7. The number of piperazine rings is 1. The van der Waals surface area contributed by atoms with Crippen molar-refractivity contribution < 1.29 is 9.59 Å². The second kappa shape index (κ2) is 12.7. The molecule has 0 aliphatic carbocycles. The Labute approximate surface area is 233 Å². The van der Waals surface area contributed by atoms with Gasteiger partial charge in [0.15, 0.2) is 0 Å². The summed E-state index contributed by atoms with van der Waals surface area (Å²) in [5, 5.41) is 11.9. The summed E-state index contributed by atoms with van der Waals surface area (Å²) in [5.74, 6) is 0.399. The van der Waals surface area contributed by atoms with E-state index in [1.807, 2.05) is 23.1 Å². The minimum atomic E-state index is -0.602. The molecule has 3 N–H and O–H groups in total. The predicted molar refractivity (Wildman–Crippen MR) is 153 cm³/mol. The van der Waals surface area contributed by atoms with E-state index < -0.39 is 5.25 Å². The standard InChI is InChI=1S/C28H32N8O2S/c1-3-23(37)32-20-9-7-18(8-10-20)25-21(17-29)27(30)34-28(33-25)26(39)22-6-4-5-19(31-22)11-12-24(38)36-15-13-35(2)14-16-36/h4-10,26,39H,3,11-16H2,1-2H3,(H,32,37)(H2,30,33,34). The quantitative estimate of drug-likeness (QED) is 0.368. The Morgan fingerprint density at radius 2 is 1.82 bits per heavy atom. The average Bonchev–Trinajstić information content (AvgIpc) is 2.96. The first-order chi connectivity index (χ1) is 18.8. The van der Waals surface area contributed by atoms with Crippen LogP contribution in [0.2, 0.25) is 0 Å². The highest BCUT2D eigenvalue weighted by Gasteiger charge is 2.22. The second-order valence-corrected chi connectivity index (χ2v) is 9.94. The Morgan fingerprint density at radius 3 is 2.49 bits per heavy atom. The van der Waals surface area contributed by atoms with Crippen molar-refractivity contribution in [1.82, 2.24) is 24.8 Å². The van der Waals surface area contributed by atoms with Gasteiger partial charge in [-0.15, -0.1) is 0 Å². The Bertz CT molecular complexity index is 1380. The SMILES string of the molecule is CCC(=O)Nc1ccc(-c2nc(C(S)c3cccc(CCC(=O)N4CCN(C)CC4)n3)nc(N)c2C#N)cc1. The molecule has 1 fully saturated rings. The van der Waals surface area contributed by atoms with Crippen molar-refractivity contribution in [3.8, 4) is 17.3 Å². The zero-order chi connectivity index (χ0) is 27.9. The number of benzene rings is 1. The van der Waals surface area contributed by atoms with Crippen LogP contribution in [0.5, 0.6) is 0 Å². The van der Waals surface area contributed by atoms with E-state index in [1.165, 1.54) is 0 Å². The van der Waals surface area contributed by atoms with Gasteiger partial charge in [-0.1, -0.05) is 25.1 Å². The summed E-state index contributed by atoms with van der Waals surface area (Å²) in [7, 11) is 2.06. The van der Waals surface area contributed by atoms with Crippen LogP contribution in [0, 0.1) is 11.3 Å². The minimum Gasteiger partial charge on any atom is -0.382 e. The zero-order valence-corrected chi connectivity index (χ0v) is 23.0. The fraction of sp³-hybridized carbons (Fsp3) is 0.357. The molecule has 0 saturated carbocycles. The molecule has 1 aliphatic heterocycles. The van der Waals surface area contributed by atoms with E-state index in [2.05, 4.69) is 33.3 Å². The zero-order valence-electron chi connectivity index (χ0n) is 22.1. The number of thiol groups is 1. The van der Waals surface area contributed by atoms with Gasteiger partial charge in [0.05, 0.1) is 11.4 Å². The van der Waals surface area contributed by atoms with Crippen LogP contribution in [0.3, 0.4) is 0 Å². The lowest BCUT2D eigenvalue weighted by Gasteiger charge is -2.32. The van der Waals surface area contributed by atoms with Crippen molar-refractivity contribution in [3.63, 3.8) is 0 Å². The van der Waals surface area contributed by atoms with Crippen LogP contribution in [-0.4, -0.2) is 69.8 Å². The van der Waals surface area contributed by atoms with E-state index in [1.54, 1.807) is 31.2 Å². The number of nitrogens with two attached hydrogens (primary N) is 1. The monoisotopic (exact) mass is 544 g/mol. The van der Waals surface area contributed by atoms with Gasteiger partial charge in [0.2, 0.25) is 11.8 Å². The Hall–Kier alpha value is -4.01. The normalized spacial score (nSPS) is 14.5. The first-order valence-electron chi connectivity index (χ1n) is 12.9. The van der Waals surface area contributed by atoms with Crippen molar-refractivity contribution >= 4 is 35.9 Å². The highest BCUT2D eigenvalue weighted by molar-refractivity contribution is 7.80. The molecule has 1 aromatic carbocycles. The summed E-state index contributed by atoms with van der Waals surface area (Å²) < 4.78 is 0. The highest BCUT2D eigenvalue weighted by atomic mass is 32.1. The molecule has 0 bridgehead atoms. The maximum atomic E-state index is 12.7. The number of hydrogen-bond donors (Lipinski definition) is 3. The van der Waals surface area contributed by atoms with Gasteiger partial charge in [0.25, 0.3) is 0 Å². The van der Waals surface area contributed by atoms with Gasteiger partial charge < -0.3 is 20.9 Å². The van der Waals surface area contributed by atoms with Crippen molar-refractivity contribution in [2.24, 2.45) is 0 Å². The number of carbonyl (C=O) groups excluding carboxylic acids is 2. The first kappa shape index (κ1) is 28.0. The maximum Gasteiger partial charge on any atom is 0.224 e. The molecule has 11 heteroatoms. The minimum absolute atomic E-state index is 0.0499. The fourth-order valence-corrected chi connectivity index (χ4v) is 4.53. The molecule has 1 saturated heterocycles. The molecule has 1 atom stereocenters. The molecule has 10 nitrogen and oxygen atoms in total. The van der Waals surface area contributed by atoms with Crippen LogP contribution < -0.4 is 11.1 Å². The number of aryl methyl sites for hydroxylation is 1. The van der Waals surface area contributed by atoms with Crippen LogP contribution in [-0.2, 0) is 16.0 Å². The summed E-state index contributed by atoms with van der Waals surface area (Å²) in [5.41, 5.74) is 9.39. The third kappa shape index (κ3) is 6.90. The average molecular weight is 545 g/mol. The number of nitrogens with one attached hydrogen (secondary N) is 1. The van der Waals surface area contributed by atoms with Crippen LogP contribution in [0.15, 0.2) is 42.5 Å². The summed E-state index contributed by atoms with van der Waals surface area (Å²) >= 11 is 4.74. The van der Waals surface area contributed by atoms with Gasteiger partial charge in [0.1, 0.15) is 28.5 Å². The number of likely N-dealkylation sites (N-methyl/N-ethyl adjacent to an activating group) is 1. The lowest BCUT2D eigenvalue weighted by atomic mass is 10.1.